The van der Waals surface area contributed by atoms with Crippen LogP contribution in [0.3, 0.4) is 0 Å². The topological polar surface area (TPSA) is 29.5 Å². The molecule has 1 aromatic rings. The van der Waals surface area contributed by atoms with E-state index in [1.54, 1.807) is 6.08 Å². The van der Waals surface area contributed by atoms with Gasteiger partial charge in [0.2, 0.25) is 0 Å². The largest absolute Gasteiger partial charge is 0.495 e. The summed E-state index contributed by atoms with van der Waals surface area (Å²) >= 11 is 0. The van der Waals surface area contributed by atoms with Crippen LogP contribution >= 0.6 is 0 Å². The van der Waals surface area contributed by atoms with Crippen LogP contribution in [0.25, 0.3) is 0 Å². The first-order chi connectivity index (χ1) is 7.59. The van der Waals surface area contributed by atoms with Gasteiger partial charge in [0.15, 0.2) is 11.6 Å². The number of hydrogen-bond donors (Lipinski definition) is 1. The number of aliphatic hydroxyl groups is 1. The summed E-state index contributed by atoms with van der Waals surface area (Å²) in [6, 6.07) is 1.04. The highest BCUT2D eigenvalue weighted by atomic mass is 19.2. The van der Waals surface area contributed by atoms with Gasteiger partial charge in [0.25, 0.3) is 0 Å². The molecule has 1 atom stereocenters. The summed E-state index contributed by atoms with van der Waals surface area (Å²) in [4.78, 5) is 0. The van der Waals surface area contributed by atoms with Crippen molar-refractivity contribution in [1.82, 2.24) is 0 Å². The summed E-state index contributed by atoms with van der Waals surface area (Å²) in [6.07, 6.45) is 0.806. The van der Waals surface area contributed by atoms with Crippen LogP contribution in [-0.4, -0.2) is 11.7 Å². The van der Waals surface area contributed by atoms with E-state index in [1.165, 1.54) is 0 Å². The van der Waals surface area contributed by atoms with Crippen LogP contribution in [0, 0.1) is 17.5 Å². The minimum Gasteiger partial charge on any atom is -0.495 e. The quantitative estimate of drug-likeness (QED) is 0.791. The van der Waals surface area contributed by atoms with Gasteiger partial charge in [-0.3, -0.25) is 0 Å². The number of ether oxygens (including phenoxy) is 1. The third kappa shape index (κ3) is 1.90. The van der Waals surface area contributed by atoms with E-state index >= 15 is 0 Å². The van der Waals surface area contributed by atoms with Crippen molar-refractivity contribution >= 4 is 0 Å². The third-order valence-corrected chi connectivity index (χ3v) is 2.34. The number of hydrogen-bond acceptors (Lipinski definition) is 2. The second kappa shape index (κ2) is 4.17. The number of benzene rings is 1. The Balaban J connectivity index is 2.36. The molecule has 1 aliphatic heterocycles. The Bertz CT molecular complexity index is 443. The summed E-state index contributed by atoms with van der Waals surface area (Å²) in [5, 5.41) is 9.69. The molecule has 1 unspecified atom stereocenters. The lowest BCUT2D eigenvalue weighted by Gasteiger charge is -2.13. The van der Waals surface area contributed by atoms with Crippen molar-refractivity contribution in [2.45, 2.75) is 12.5 Å². The Morgan fingerprint density at radius 3 is 2.44 bits per heavy atom. The van der Waals surface area contributed by atoms with E-state index in [4.69, 9.17) is 4.74 Å². The lowest BCUT2D eigenvalue weighted by atomic mass is 10.1. The molecule has 0 aliphatic carbocycles. The second-order valence-electron chi connectivity index (χ2n) is 3.43. The maximum Gasteiger partial charge on any atom is 0.161 e. The molecule has 2 nitrogen and oxygen atoms in total. The molecule has 1 aliphatic rings. The van der Waals surface area contributed by atoms with Crippen LogP contribution in [0.5, 0.6) is 0 Å². The van der Waals surface area contributed by atoms with E-state index in [0.717, 1.165) is 0 Å². The Kier molecular flexibility index (Phi) is 2.87. The van der Waals surface area contributed by atoms with Gasteiger partial charge in [-0.1, -0.05) is 0 Å². The van der Waals surface area contributed by atoms with Gasteiger partial charge in [-0.25, -0.2) is 13.2 Å². The first-order valence-corrected chi connectivity index (χ1v) is 4.75. The monoisotopic (exact) mass is 230 g/mol. The maximum atomic E-state index is 13.3. The molecular weight excluding hydrogens is 221 g/mol. The molecule has 0 spiro atoms. The average Bonchev–Trinajstić information content (AvgIpc) is 2.75. The zero-order chi connectivity index (χ0) is 11.7. The highest BCUT2D eigenvalue weighted by Crippen LogP contribution is 2.29. The van der Waals surface area contributed by atoms with Crippen molar-refractivity contribution in [3.63, 3.8) is 0 Å². The number of halogens is 3. The zero-order valence-corrected chi connectivity index (χ0v) is 8.21. The fourth-order valence-electron chi connectivity index (χ4n) is 1.53. The van der Waals surface area contributed by atoms with E-state index in [0.29, 0.717) is 25.2 Å². The van der Waals surface area contributed by atoms with Gasteiger partial charge in [0, 0.05) is 18.1 Å². The van der Waals surface area contributed by atoms with Crippen molar-refractivity contribution in [2.75, 3.05) is 6.61 Å². The van der Waals surface area contributed by atoms with Crippen LogP contribution in [-0.2, 0) is 4.74 Å². The van der Waals surface area contributed by atoms with Crippen LogP contribution in [0.1, 0.15) is 18.1 Å². The van der Waals surface area contributed by atoms with Crippen molar-refractivity contribution in [3.8, 4) is 0 Å². The molecule has 5 heteroatoms. The first kappa shape index (κ1) is 11.0. The van der Waals surface area contributed by atoms with Crippen LogP contribution in [0.4, 0.5) is 13.2 Å². The van der Waals surface area contributed by atoms with E-state index in [-0.39, 0.29) is 11.3 Å². The summed E-state index contributed by atoms with van der Waals surface area (Å²) in [5.74, 6) is -3.31. The normalized spacial score (nSPS) is 16.9. The van der Waals surface area contributed by atoms with Crippen molar-refractivity contribution in [1.29, 1.82) is 0 Å². The lowest BCUT2D eigenvalue weighted by molar-refractivity contribution is 0.116. The molecule has 0 amide bonds. The second-order valence-corrected chi connectivity index (χ2v) is 3.43. The Morgan fingerprint density at radius 1 is 1.12 bits per heavy atom. The SMILES string of the molecule is OC(C1=CCCO1)c1cc(F)c(F)cc1F. The number of rotatable bonds is 2. The van der Waals surface area contributed by atoms with Crippen molar-refractivity contribution in [2.24, 2.45) is 0 Å². The highest BCUT2D eigenvalue weighted by Gasteiger charge is 2.23. The van der Waals surface area contributed by atoms with Gasteiger partial charge in [0.05, 0.1) is 6.61 Å². The number of aliphatic hydroxyl groups excluding tert-OH is 1. The smallest absolute Gasteiger partial charge is 0.161 e. The fraction of sp³-hybridized carbons (Fsp3) is 0.273. The average molecular weight is 230 g/mol. The molecule has 0 saturated carbocycles. The Labute approximate surface area is 90.0 Å². The van der Waals surface area contributed by atoms with Gasteiger partial charge >= 0.3 is 0 Å². The molecule has 0 bridgehead atoms. The standard InChI is InChI=1S/C11H9F3O2/c12-7-5-9(14)8(13)4-6(7)11(15)10-2-1-3-16-10/h2,4-5,11,15H,1,3H2. The van der Waals surface area contributed by atoms with Crippen molar-refractivity contribution < 1.29 is 23.0 Å². The van der Waals surface area contributed by atoms with Gasteiger partial charge in [-0.05, 0) is 12.1 Å². The van der Waals surface area contributed by atoms with Crippen molar-refractivity contribution in [3.05, 3.63) is 47.0 Å². The first-order valence-electron chi connectivity index (χ1n) is 4.75. The molecule has 1 aromatic carbocycles. The van der Waals surface area contributed by atoms with Gasteiger partial charge in [-0.2, -0.15) is 0 Å². The summed E-state index contributed by atoms with van der Waals surface area (Å²) in [7, 11) is 0. The van der Waals surface area contributed by atoms with Gasteiger partial charge in [0.1, 0.15) is 17.7 Å². The summed E-state index contributed by atoms with van der Waals surface area (Å²) in [6.45, 7) is 0.400. The van der Waals surface area contributed by atoms with E-state index in [1.807, 2.05) is 0 Å². The van der Waals surface area contributed by atoms with Crippen LogP contribution in [0.2, 0.25) is 0 Å². The lowest BCUT2D eigenvalue weighted by Crippen LogP contribution is -2.06. The molecule has 1 N–H and O–H groups in total. The molecule has 86 valence electrons. The fourth-order valence-corrected chi connectivity index (χ4v) is 1.53. The zero-order valence-electron chi connectivity index (χ0n) is 8.21. The van der Waals surface area contributed by atoms with Gasteiger partial charge < -0.3 is 9.84 Å². The highest BCUT2D eigenvalue weighted by molar-refractivity contribution is 5.27. The van der Waals surface area contributed by atoms with Crippen LogP contribution in [0.15, 0.2) is 24.0 Å². The van der Waals surface area contributed by atoms with E-state index in [9.17, 15) is 18.3 Å². The Hall–Kier alpha value is -1.49. The Morgan fingerprint density at radius 2 is 1.81 bits per heavy atom. The molecule has 0 saturated heterocycles. The minimum absolute atomic E-state index is 0.171. The molecule has 0 aromatic heterocycles. The molecule has 1 heterocycles. The summed E-state index contributed by atoms with van der Waals surface area (Å²) < 4.78 is 43.9. The predicted octanol–water partition coefficient (Wildman–Crippen LogP) is 2.44. The van der Waals surface area contributed by atoms with E-state index in [2.05, 4.69) is 0 Å². The molecule has 0 radical (unpaired) electrons. The molecule has 16 heavy (non-hydrogen) atoms. The third-order valence-electron chi connectivity index (χ3n) is 2.34. The molecular formula is C11H9F3O2. The van der Waals surface area contributed by atoms with Gasteiger partial charge in [-0.15, -0.1) is 0 Å². The summed E-state index contributed by atoms with van der Waals surface area (Å²) in [5.41, 5.74) is -0.327. The predicted molar refractivity (Wildman–Crippen MR) is 49.9 cm³/mol. The minimum atomic E-state index is -1.39. The van der Waals surface area contributed by atoms with E-state index < -0.39 is 23.6 Å². The molecule has 2 rings (SSSR count). The molecule has 0 fully saturated rings. The van der Waals surface area contributed by atoms with Crippen LogP contribution < -0.4 is 0 Å². The maximum absolute atomic E-state index is 13.3.